The van der Waals surface area contributed by atoms with E-state index in [1.165, 1.54) is 11.0 Å². The fraction of sp³-hybridized carbons (Fsp3) is 0.200. The van der Waals surface area contributed by atoms with Crippen molar-refractivity contribution in [3.05, 3.63) is 66.0 Å². The highest BCUT2D eigenvalue weighted by atomic mass is 16.5. The fourth-order valence-corrected chi connectivity index (χ4v) is 3.08. The van der Waals surface area contributed by atoms with Crippen molar-refractivity contribution in [2.24, 2.45) is 0 Å². The van der Waals surface area contributed by atoms with Crippen LogP contribution in [0.5, 0.6) is 0 Å². The van der Waals surface area contributed by atoms with Crippen LogP contribution in [0.2, 0.25) is 0 Å². The molecule has 29 heavy (non-hydrogen) atoms. The van der Waals surface area contributed by atoms with Crippen molar-refractivity contribution in [1.82, 2.24) is 20.2 Å². The van der Waals surface area contributed by atoms with Gasteiger partial charge in [-0.15, -0.1) is 5.10 Å². The lowest BCUT2D eigenvalue weighted by Crippen LogP contribution is -2.23. The smallest absolute Gasteiger partial charge is 0.338 e. The van der Waals surface area contributed by atoms with Crippen molar-refractivity contribution in [3.8, 4) is 5.69 Å². The molecule has 9 heteroatoms. The number of aromatic nitrogens is 4. The molecule has 1 amide bonds. The second-order valence-electron chi connectivity index (χ2n) is 6.50. The highest BCUT2D eigenvalue weighted by Gasteiger charge is 2.21. The summed E-state index contributed by atoms with van der Waals surface area (Å²) < 4.78 is 6.58. The summed E-state index contributed by atoms with van der Waals surface area (Å²) in [5.41, 5.74) is 2.20. The average molecular weight is 391 g/mol. The van der Waals surface area contributed by atoms with Crippen LogP contribution in [0.15, 0.2) is 54.9 Å². The number of nitrogens with zero attached hydrogens (tertiary/aromatic N) is 5. The van der Waals surface area contributed by atoms with Gasteiger partial charge in [-0.1, -0.05) is 0 Å². The normalized spacial score (nSPS) is 13.5. The third kappa shape index (κ3) is 4.03. The average Bonchev–Trinajstić information content (AvgIpc) is 3.44. The number of hydrogen-bond acceptors (Lipinski definition) is 7. The van der Waals surface area contributed by atoms with Crippen LogP contribution in [0.3, 0.4) is 0 Å². The van der Waals surface area contributed by atoms with Crippen LogP contribution in [0.1, 0.15) is 33.6 Å². The molecule has 0 atom stereocenters. The van der Waals surface area contributed by atoms with E-state index in [9.17, 15) is 14.4 Å². The molecule has 1 saturated heterocycles. The fourth-order valence-electron chi connectivity index (χ4n) is 3.08. The number of carbonyl (C=O) groups excluding carboxylic acids is 3. The molecule has 2 heterocycles. The zero-order valence-corrected chi connectivity index (χ0v) is 15.4. The van der Waals surface area contributed by atoms with E-state index in [2.05, 4.69) is 15.5 Å². The van der Waals surface area contributed by atoms with E-state index >= 15 is 0 Å². The summed E-state index contributed by atoms with van der Waals surface area (Å²) in [6.07, 6.45) is 2.83. The zero-order chi connectivity index (χ0) is 20.2. The van der Waals surface area contributed by atoms with Crippen molar-refractivity contribution in [2.45, 2.75) is 12.8 Å². The lowest BCUT2D eigenvalue weighted by molar-refractivity contribution is -0.117. The summed E-state index contributed by atoms with van der Waals surface area (Å²) in [5, 5.41) is 10.9. The van der Waals surface area contributed by atoms with E-state index in [4.69, 9.17) is 4.74 Å². The van der Waals surface area contributed by atoms with E-state index in [1.807, 2.05) is 0 Å². The van der Waals surface area contributed by atoms with Crippen molar-refractivity contribution < 1.29 is 19.1 Å². The zero-order valence-electron chi connectivity index (χ0n) is 15.4. The molecule has 0 spiro atoms. The van der Waals surface area contributed by atoms with Crippen molar-refractivity contribution in [3.63, 3.8) is 0 Å². The molecule has 1 aliphatic heterocycles. The van der Waals surface area contributed by atoms with Gasteiger partial charge in [-0.05, 0) is 65.4 Å². The summed E-state index contributed by atoms with van der Waals surface area (Å²) in [5.74, 6) is -0.826. The molecule has 0 saturated carbocycles. The predicted octanol–water partition coefficient (Wildman–Crippen LogP) is 1.83. The standard InChI is InChI=1S/C20H17N5O4/c26-18(14-3-7-16(8-4-14)24-11-1-2-19(24)27)12-29-20(28)15-5-9-17(10-6-15)25-13-21-22-23-25/h3-10,13H,1-2,11-12H2. The number of carbonyl (C=O) groups is 3. The Morgan fingerprint density at radius 2 is 1.66 bits per heavy atom. The molecule has 0 radical (unpaired) electrons. The van der Waals surface area contributed by atoms with Gasteiger partial charge < -0.3 is 9.64 Å². The van der Waals surface area contributed by atoms with Gasteiger partial charge in [0.1, 0.15) is 6.33 Å². The minimum Gasteiger partial charge on any atom is -0.454 e. The van der Waals surface area contributed by atoms with Crippen LogP contribution in [-0.2, 0) is 9.53 Å². The summed E-state index contributed by atoms with van der Waals surface area (Å²) in [7, 11) is 0. The number of ketones is 1. The van der Waals surface area contributed by atoms with Crippen LogP contribution in [0.4, 0.5) is 5.69 Å². The Morgan fingerprint density at radius 1 is 0.966 bits per heavy atom. The molecule has 0 bridgehead atoms. The van der Waals surface area contributed by atoms with Crippen molar-refractivity contribution in [1.29, 1.82) is 0 Å². The van der Waals surface area contributed by atoms with E-state index < -0.39 is 5.97 Å². The minimum atomic E-state index is -0.596. The quantitative estimate of drug-likeness (QED) is 0.466. The topological polar surface area (TPSA) is 107 Å². The first-order chi connectivity index (χ1) is 14.1. The Balaban J connectivity index is 1.34. The summed E-state index contributed by atoms with van der Waals surface area (Å²) >= 11 is 0. The number of tetrazole rings is 1. The Labute approximate surface area is 165 Å². The van der Waals surface area contributed by atoms with Crippen LogP contribution < -0.4 is 4.90 Å². The number of amides is 1. The lowest BCUT2D eigenvalue weighted by Gasteiger charge is -2.15. The number of Topliss-reactive ketones (excluding diaryl/α,β-unsaturated/α-hetero) is 1. The van der Waals surface area contributed by atoms with E-state index in [0.717, 1.165) is 12.1 Å². The first-order valence-electron chi connectivity index (χ1n) is 9.06. The van der Waals surface area contributed by atoms with Crippen LogP contribution in [0.25, 0.3) is 5.69 Å². The van der Waals surface area contributed by atoms with Crippen LogP contribution >= 0.6 is 0 Å². The Kier molecular flexibility index (Phi) is 5.10. The Bertz CT molecular complexity index is 1030. The number of anilines is 1. The molecule has 3 aromatic rings. The number of esters is 1. The number of benzene rings is 2. The van der Waals surface area contributed by atoms with Gasteiger partial charge in [-0.3, -0.25) is 9.59 Å². The molecular weight excluding hydrogens is 374 g/mol. The Hall–Kier alpha value is -3.88. The van der Waals surface area contributed by atoms with Crippen LogP contribution in [0, 0.1) is 0 Å². The maximum absolute atomic E-state index is 12.3. The van der Waals surface area contributed by atoms with E-state index in [-0.39, 0.29) is 18.3 Å². The molecule has 0 aliphatic carbocycles. The van der Waals surface area contributed by atoms with E-state index in [0.29, 0.717) is 29.8 Å². The maximum Gasteiger partial charge on any atom is 0.338 e. The maximum atomic E-state index is 12.3. The van der Waals surface area contributed by atoms with Gasteiger partial charge in [-0.25, -0.2) is 9.48 Å². The summed E-state index contributed by atoms with van der Waals surface area (Å²) in [6, 6.07) is 13.2. The second kappa shape index (κ2) is 8.01. The SMILES string of the molecule is O=C(COC(=O)c1ccc(-n2cnnn2)cc1)c1ccc(N2CCCC2=O)cc1. The van der Waals surface area contributed by atoms with E-state index in [1.54, 1.807) is 53.4 Å². The minimum absolute atomic E-state index is 0.0871. The molecule has 1 aromatic heterocycles. The molecule has 2 aromatic carbocycles. The van der Waals surface area contributed by atoms with Gasteiger partial charge in [-0.2, -0.15) is 0 Å². The Morgan fingerprint density at radius 3 is 2.28 bits per heavy atom. The van der Waals surface area contributed by atoms with Gasteiger partial charge in [0, 0.05) is 24.2 Å². The molecule has 1 fully saturated rings. The second-order valence-corrected chi connectivity index (χ2v) is 6.50. The van der Waals surface area contributed by atoms with Crippen molar-refractivity contribution in [2.75, 3.05) is 18.1 Å². The largest absolute Gasteiger partial charge is 0.454 e. The highest BCUT2D eigenvalue weighted by molar-refractivity contribution is 6.00. The van der Waals surface area contributed by atoms with Crippen molar-refractivity contribution >= 4 is 23.3 Å². The summed E-state index contributed by atoms with van der Waals surface area (Å²) in [6.45, 7) is 0.325. The van der Waals surface area contributed by atoms with Gasteiger partial charge in [0.05, 0.1) is 11.3 Å². The molecule has 0 unspecified atom stereocenters. The molecule has 4 rings (SSSR count). The molecular formula is C20H17N5O4. The number of ether oxygens (including phenoxy) is 1. The lowest BCUT2D eigenvalue weighted by atomic mass is 10.1. The predicted molar refractivity (Wildman–Crippen MR) is 102 cm³/mol. The summed E-state index contributed by atoms with van der Waals surface area (Å²) in [4.78, 5) is 38.0. The van der Waals surface area contributed by atoms with Crippen LogP contribution in [-0.4, -0.2) is 51.0 Å². The third-order valence-electron chi connectivity index (χ3n) is 4.63. The first-order valence-corrected chi connectivity index (χ1v) is 9.06. The first kappa shape index (κ1) is 18.5. The van der Waals surface area contributed by atoms with Gasteiger partial charge >= 0.3 is 5.97 Å². The van der Waals surface area contributed by atoms with Gasteiger partial charge in [0.25, 0.3) is 0 Å². The third-order valence-corrected chi connectivity index (χ3v) is 4.63. The monoisotopic (exact) mass is 391 g/mol. The van der Waals surface area contributed by atoms with Gasteiger partial charge in [0.15, 0.2) is 12.4 Å². The molecule has 0 N–H and O–H groups in total. The number of hydrogen-bond donors (Lipinski definition) is 0. The molecule has 9 nitrogen and oxygen atoms in total. The highest BCUT2D eigenvalue weighted by Crippen LogP contribution is 2.21. The van der Waals surface area contributed by atoms with Gasteiger partial charge in [0.2, 0.25) is 5.91 Å². The molecule has 1 aliphatic rings. The number of rotatable bonds is 6. The molecule has 146 valence electrons.